The Labute approximate surface area is 162 Å². The SMILES string of the molecule is Cc1ccc(Oc2ccc(C3CC(=O)NCc4nc(N)sc43)cc2)cc1C. The van der Waals surface area contributed by atoms with Gasteiger partial charge in [-0.1, -0.05) is 18.2 Å². The Bertz CT molecular complexity index is 995. The number of aryl methyl sites for hydroxylation is 2. The monoisotopic (exact) mass is 379 g/mol. The van der Waals surface area contributed by atoms with E-state index in [9.17, 15) is 4.79 Å². The van der Waals surface area contributed by atoms with Crippen molar-refractivity contribution in [2.45, 2.75) is 32.7 Å². The number of aromatic nitrogens is 1. The van der Waals surface area contributed by atoms with Crippen LogP contribution in [0.2, 0.25) is 0 Å². The van der Waals surface area contributed by atoms with Crippen LogP contribution >= 0.6 is 11.3 Å². The first-order valence-corrected chi connectivity index (χ1v) is 9.68. The molecule has 4 rings (SSSR count). The Balaban J connectivity index is 1.59. The highest BCUT2D eigenvalue weighted by atomic mass is 32.1. The number of hydrogen-bond donors (Lipinski definition) is 2. The van der Waals surface area contributed by atoms with Crippen LogP contribution in [0.5, 0.6) is 11.5 Å². The summed E-state index contributed by atoms with van der Waals surface area (Å²) in [7, 11) is 0. The van der Waals surface area contributed by atoms with Crippen molar-refractivity contribution in [2.24, 2.45) is 0 Å². The molecule has 1 aliphatic rings. The second-order valence-electron chi connectivity index (χ2n) is 6.81. The zero-order valence-corrected chi connectivity index (χ0v) is 16.1. The second kappa shape index (κ2) is 7.04. The van der Waals surface area contributed by atoms with Crippen LogP contribution in [0.25, 0.3) is 0 Å². The zero-order chi connectivity index (χ0) is 19.0. The van der Waals surface area contributed by atoms with E-state index in [0.29, 0.717) is 18.1 Å². The quantitative estimate of drug-likeness (QED) is 0.712. The molecule has 1 aliphatic heterocycles. The van der Waals surface area contributed by atoms with Gasteiger partial charge in [-0.05, 0) is 54.8 Å². The smallest absolute Gasteiger partial charge is 0.221 e. The number of nitrogen functional groups attached to an aromatic ring is 1. The summed E-state index contributed by atoms with van der Waals surface area (Å²) in [5, 5.41) is 3.43. The third-order valence-electron chi connectivity index (χ3n) is 4.90. The average Bonchev–Trinajstić information content (AvgIpc) is 2.95. The molecule has 0 fully saturated rings. The number of hydrogen-bond acceptors (Lipinski definition) is 5. The molecule has 0 spiro atoms. The van der Waals surface area contributed by atoms with Crippen LogP contribution in [0.1, 0.15) is 39.6 Å². The first-order chi connectivity index (χ1) is 13.0. The number of fused-ring (bicyclic) bond motifs is 1. The lowest BCUT2D eigenvalue weighted by atomic mass is 9.93. The summed E-state index contributed by atoms with van der Waals surface area (Å²) in [6, 6.07) is 14.0. The van der Waals surface area contributed by atoms with Gasteiger partial charge in [-0.25, -0.2) is 4.98 Å². The number of nitrogens with zero attached hydrogens (tertiary/aromatic N) is 1. The standard InChI is InChI=1S/C21H21N3O2S/c1-12-3-6-16(9-13(12)2)26-15-7-4-14(5-8-15)17-10-19(25)23-11-18-20(17)27-21(22)24-18/h3-9,17H,10-11H2,1-2H3,(H2,22,24)(H,23,25). The minimum Gasteiger partial charge on any atom is -0.457 e. The molecule has 1 atom stereocenters. The van der Waals surface area contributed by atoms with E-state index in [2.05, 4.69) is 30.2 Å². The van der Waals surface area contributed by atoms with Gasteiger partial charge in [0.15, 0.2) is 5.13 Å². The van der Waals surface area contributed by atoms with E-state index >= 15 is 0 Å². The van der Waals surface area contributed by atoms with Crippen LogP contribution in [0, 0.1) is 13.8 Å². The van der Waals surface area contributed by atoms with Crippen molar-refractivity contribution in [3.63, 3.8) is 0 Å². The number of ether oxygens (including phenoxy) is 1. The maximum atomic E-state index is 12.1. The average molecular weight is 379 g/mol. The second-order valence-corrected chi connectivity index (χ2v) is 7.88. The molecule has 27 heavy (non-hydrogen) atoms. The van der Waals surface area contributed by atoms with Crippen LogP contribution in [0.15, 0.2) is 42.5 Å². The maximum absolute atomic E-state index is 12.1. The molecular weight excluding hydrogens is 358 g/mol. The Morgan fingerprint density at radius 2 is 1.85 bits per heavy atom. The number of nitrogens with one attached hydrogen (secondary N) is 1. The topological polar surface area (TPSA) is 77.2 Å². The molecule has 5 nitrogen and oxygen atoms in total. The lowest BCUT2D eigenvalue weighted by Gasteiger charge is -2.14. The number of anilines is 1. The molecule has 1 unspecified atom stereocenters. The Hall–Kier alpha value is -2.86. The van der Waals surface area contributed by atoms with Crippen molar-refractivity contribution < 1.29 is 9.53 Å². The Kier molecular flexibility index (Phi) is 4.58. The van der Waals surface area contributed by atoms with E-state index in [-0.39, 0.29) is 11.8 Å². The number of carbonyl (C=O) groups excluding carboxylic acids is 1. The van der Waals surface area contributed by atoms with E-state index in [1.165, 1.54) is 22.5 Å². The van der Waals surface area contributed by atoms with Gasteiger partial charge in [-0.15, -0.1) is 11.3 Å². The van der Waals surface area contributed by atoms with Crippen molar-refractivity contribution in [3.05, 3.63) is 69.7 Å². The van der Waals surface area contributed by atoms with Gasteiger partial charge in [0.05, 0.1) is 12.2 Å². The third kappa shape index (κ3) is 3.66. The molecule has 6 heteroatoms. The van der Waals surface area contributed by atoms with Crippen molar-refractivity contribution in [1.82, 2.24) is 10.3 Å². The van der Waals surface area contributed by atoms with Crippen molar-refractivity contribution in [3.8, 4) is 11.5 Å². The zero-order valence-electron chi connectivity index (χ0n) is 15.3. The molecule has 0 saturated carbocycles. The molecule has 3 N–H and O–H groups in total. The van der Waals surface area contributed by atoms with E-state index in [1.54, 1.807) is 0 Å². The molecule has 0 saturated heterocycles. The van der Waals surface area contributed by atoms with Crippen LogP contribution in [0.4, 0.5) is 5.13 Å². The van der Waals surface area contributed by atoms with Gasteiger partial charge in [-0.3, -0.25) is 4.79 Å². The highest BCUT2D eigenvalue weighted by Crippen LogP contribution is 2.38. The van der Waals surface area contributed by atoms with Gasteiger partial charge >= 0.3 is 0 Å². The van der Waals surface area contributed by atoms with Crippen molar-refractivity contribution >= 4 is 22.4 Å². The van der Waals surface area contributed by atoms with Crippen molar-refractivity contribution in [2.75, 3.05) is 5.73 Å². The van der Waals surface area contributed by atoms with Gasteiger partial charge in [0.1, 0.15) is 11.5 Å². The fraction of sp³-hybridized carbons (Fsp3) is 0.238. The highest BCUT2D eigenvalue weighted by molar-refractivity contribution is 7.15. The van der Waals surface area contributed by atoms with E-state index in [1.807, 2.05) is 36.4 Å². The Morgan fingerprint density at radius 1 is 1.11 bits per heavy atom. The molecule has 0 bridgehead atoms. The maximum Gasteiger partial charge on any atom is 0.221 e. The predicted molar refractivity (Wildman–Crippen MR) is 107 cm³/mol. The molecule has 2 aromatic carbocycles. The van der Waals surface area contributed by atoms with E-state index in [0.717, 1.165) is 27.6 Å². The summed E-state index contributed by atoms with van der Waals surface area (Å²) in [4.78, 5) is 17.5. The number of rotatable bonds is 3. The number of nitrogens with two attached hydrogens (primary N) is 1. The molecule has 0 radical (unpaired) electrons. The lowest BCUT2D eigenvalue weighted by molar-refractivity contribution is -0.121. The third-order valence-corrected chi connectivity index (χ3v) is 5.94. The highest BCUT2D eigenvalue weighted by Gasteiger charge is 2.27. The fourth-order valence-corrected chi connectivity index (χ4v) is 4.24. The van der Waals surface area contributed by atoms with Gasteiger partial charge < -0.3 is 15.8 Å². The largest absolute Gasteiger partial charge is 0.457 e. The first kappa shape index (κ1) is 17.5. The van der Waals surface area contributed by atoms with Gasteiger partial charge in [0.2, 0.25) is 5.91 Å². The van der Waals surface area contributed by atoms with E-state index in [4.69, 9.17) is 10.5 Å². The summed E-state index contributed by atoms with van der Waals surface area (Å²) in [6.07, 6.45) is 0.395. The predicted octanol–water partition coefficient (Wildman–Crippen LogP) is 4.29. The molecule has 138 valence electrons. The molecule has 3 aromatic rings. The van der Waals surface area contributed by atoms with Gasteiger partial charge in [0, 0.05) is 17.2 Å². The summed E-state index contributed by atoms with van der Waals surface area (Å²) in [6.45, 7) is 4.59. The summed E-state index contributed by atoms with van der Waals surface area (Å²) in [5.41, 5.74) is 10.3. The van der Waals surface area contributed by atoms with Crippen LogP contribution in [0.3, 0.4) is 0 Å². The summed E-state index contributed by atoms with van der Waals surface area (Å²) in [5.74, 6) is 1.58. The Morgan fingerprint density at radius 3 is 2.59 bits per heavy atom. The lowest BCUT2D eigenvalue weighted by Crippen LogP contribution is -2.21. The molecule has 1 amide bonds. The summed E-state index contributed by atoms with van der Waals surface area (Å²) < 4.78 is 5.97. The molecule has 2 heterocycles. The van der Waals surface area contributed by atoms with Crippen LogP contribution in [-0.4, -0.2) is 10.9 Å². The molecule has 1 aromatic heterocycles. The minimum atomic E-state index is -0.0343. The summed E-state index contributed by atoms with van der Waals surface area (Å²) >= 11 is 1.46. The number of benzene rings is 2. The van der Waals surface area contributed by atoms with Gasteiger partial charge in [0.25, 0.3) is 0 Å². The number of thiazole rings is 1. The van der Waals surface area contributed by atoms with Crippen LogP contribution in [-0.2, 0) is 11.3 Å². The van der Waals surface area contributed by atoms with Gasteiger partial charge in [-0.2, -0.15) is 0 Å². The normalized spacial score (nSPS) is 16.4. The molecular formula is C21H21N3O2S. The fourth-order valence-electron chi connectivity index (χ4n) is 3.26. The first-order valence-electron chi connectivity index (χ1n) is 8.86. The van der Waals surface area contributed by atoms with Crippen LogP contribution < -0.4 is 15.8 Å². The van der Waals surface area contributed by atoms with E-state index < -0.39 is 0 Å². The number of carbonyl (C=O) groups is 1. The molecule has 0 aliphatic carbocycles. The number of amides is 1. The van der Waals surface area contributed by atoms with Crippen molar-refractivity contribution in [1.29, 1.82) is 0 Å². The minimum absolute atomic E-state index is 0.0271.